The Morgan fingerprint density at radius 1 is 1.75 bits per heavy atom. The summed E-state index contributed by atoms with van der Waals surface area (Å²) in [4.78, 5) is 8.40. The minimum absolute atomic E-state index is 0.149. The number of hydrogen-bond donors (Lipinski definition) is 3. The number of ether oxygens (including phenoxy) is 1. The predicted molar refractivity (Wildman–Crippen MR) is 65.0 cm³/mol. The molecule has 7 heteroatoms. The van der Waals surface area contributed by atoms with Crippen LogP contribution in [-0.2, 0) is 11.3 Å². The SMILES string of the molecule is COCC(C)NC(=NCc1nccs1)NN. The van der Waals surface area contributed by atoms with Gasteiger partial charge in [-0.2, -0.15) is 0 Å². The van der Waals surface area contributed by atoms with E-state index in [1.807, 2.05) is 12.3 Å². The smallest absolute Gasteiger partial charge is 0.206 e. The van der Waals surface area contributed by atoms with Crippen molar-refractivity contribution in [3.8, 4) is 0 Å². The van der Waals surface area contributed by atoms with E-state index in [0.29, 0.717) is 19.1 Å². The molecular formula is C9H17N5OS. The van der Waals surface area contributed by atoms with Crippen LogP contribution in [0.3, 0.4) is 0 Å². The zero-order valence-corrected chi connectivity index (χ0v) is 10.3. The number of nitrogens with one attached hydrogen (secondary N) is 2. The van der Waals surface area contributed by atoms with E-state index >= 15 is 0 Å². The number of thiazole rings is 1. The van der Waals surface area contributed by atoms with Gasteiger partial charge in [0.2, 0.25) is 5.96 Å². The molecule has 1 rings (SSSR count). The van der Waals surface area contributed by atoms with Crippen LogP contribution in [0.2, 0.25) is 0 Å². The highest BCUT2D eigenvalue weighted by Crippen LogP contribution is 2.04. The summed E-state index contributed by atoms with van der Waals surface area (Å²) >= 11 is 1.57. The van der Waals surface area contributed by atoms with Gasteiger partial charge in [-0.1, -0.05) is 0 Å². The topological polar surface area (TPSA) is 84.6 Å². The third kappa shape index (κ3) is 4.56. The summed E-state index contributed by atoms with van der Waals surface area (Å²) in [5.74, 6) is 5.90. The van der Waals surface area contributed by atoms with Crippen LogP contribution in [0.1, 0.15) is 11.9 Å². The fraction of sp³-hybridized carbons (Fsp3) is 0.556. The summed E-state index contributed by atoms with van der Waals surface area (Å²) < 4.78 is 5.00. The van der Waals surface area contributed by atoms with E-state index in [0.717, 1.165) is 5.01 Å². The van der Waals surface area contributed by atoms with E-state index in [1.54, 1.807) is 24.6 Å². The first kappa shape index (κ1) is 12.9. The average Bonchev–Trinajstić information content (AvgIpc) is 2.77. The Labute approximate surface area is 98.9 Å². The molecule has 16 heavy (non-hydrogen) atoms. The second-order valence-corrected chi connectivity index (χ2v) is 4.21. The van der Waals surface area contributed by atoms with E-state index in [2.05, 4.69) is 20.7 Å². The summed E-state index contributed by atoms with van der Waals surface area (Å²) in [6.07, 6.45) is 1.76. The largest absolute Gasteiger partial charge is 0.383 e. The van der Waals surface area contributed by atoms with Gasteiger partial charge in [0.25, 0.3) is 0 Å². The number of guanidine groups is 1. The molecule has 1 unspecified atom stereocenters. The lowest BCUT2D eigenvalue weighted by atomic mass is 10.4. The van der Waals surface area contributed by atoms with Crippen molar-refractivity contribution in [3.63, 3.8) is 0 Å². The van der Waals surface area contributed by atoms with Gasteiger partial charge in [0, 0.05) is 24.7 Å². The van der Waals surface area contributed by atoms with Gasteiger partial charge >= 0.3 is 0 Å². The predicted octanol–water partition coefficient (Wildman–Crippen LogP) is 0.0869. The van der Waals surface area contributed by atoms with Crippen molar-refractivity contribution >= 4 is 17.3 Å². The number of nitrogens with zero attached hydrogens (tertiary/aromatic N) is 2. The van der Waals surface area contributed by atoms with Crippen LogP contribution >= 0.6 is 11.3 Å². The molecule has 0 amide bonds. The Morgan fingerprint density at radius 3 is 3.12 bits per heavy atom. The Bertz CT molecular complexity index is 314. The molecule has 6 nitrogen and oxygen atoms in total. The second-order valence-electron chi connectivity index (χ2n) is 3.24. The number of hydrogen-bond acceptors (Lipinski definition) is 5. The fourth-order valence-electron chi connectivity index (χ4n) is 1.14. The number of aliphatic imine (C=N–C) groups is 1. The Kier molecular flexibility index (Phi) is 5.76. The van der Waals surface area contributed by atoms with Crippen LogP contribution in [0.5, 0.6) is 0 Å². The van der Waals surface area contributed by atoms with Crippen molar-refractivity contribution in [2.75, 3.05) is 13.7 Å². The number of hydrazine groups is 1. The average molecular weight is 243 g/mol. The van der Waals surface area contributed by atoms with Crippen LogP contribution in [0.25, 0.3) is 0 Å². The number of rotatable bonds is 5. The van der Waals surface area contributed by atoms with Crippen molar-refractivity contribution in [1.29, 1.82) is 0 Å². The number of aromatic nitrogens is 1. The van der Waals surface area contributed by atoms with Crippen LogP contribution in [0, 0.1) is 0 Å². The van der Waals surface area contributed by atoms with E-state index < -0.39 is 0 Å². The Balaban J connectivity index is 2.43. The molecule has 0 aliphatic rings. The van der Waals surface area contributed by atoms with Crippen molar-refractivity contribution < 1.29 is 4.74 Å². The van der Waals surface area contributed by atoms with Gasteiger partial charge in [-0.25, -0.2) is 15.8 Å². The first-order chi connectivity index (χ1) is 7.76. The van der Waals surface area contributed by atoms with Gasteiger partial charge in [0.15, 0.2) is 0 Å². The molecule has 90 valence electrons. The van der Waals surface area contributed by atoms with E-state index in [4.69, 9.17) is 10.6 Å². The molecule has 0 aliphatic heterocycles. The third-order valence-electron chi connectivity index (χ3n) is 1.79. The molecule has 0 fully saturated rings. The number of nitrogens with two attached hydrogens (primary N) is 1. The van der Waals surface area contributed by atoms with E-state index in [1.165, 1.54) is 0 Å². The van der Waals surface area contributed by atoms with Gasteiger partial charge < -0.3 is 10.1 Å². The van der Waals surface area contributed by atoms with E-state index in [9.17, 15) is 0 Å². The van der Waals surface area contributed by atoms with Gasteiger partial charge in [-0.05, 0) is 6.92 Å². The number of methoxy groups -OCH3 is 1. The zero-order chi connectivity index (χ0) is 11.8. The molecule has 1 aromatic rings. The molecule has 1 heterocycles. The molecule has 0 radical (unpaired) electrons. The lowest BCUT2D eigenvalue weighted by Gasteiger charge is -2.15. The minimum Gasteiger partial charge on any atom is -0.383 e. The molecular weight excluding hydrogens is 226 g/mol. The maximum absolute atomic E-state index is 5.36. The Morgan fingerprint density at radius 2 is 2.56 bits per heavy atom. The minimum atomic E-state index is 0.149. The van der Waals surface area contributed by atoms with Crippen LogP contribution in [-0.4, -0.2) is 30.7 Å². The van der Waals surface area contributed by atoms with Gasteiger partial charge in [0.1, 0.15) is 5.01 Å². The lowest BCUT2D eigenvalue weighted by molar-refractivity contribution is 0.179. The molecule has 1 atom stereocenters. The van der Waals surface area contributed by atoms with Crippen molar-refractivity contribution in [3.05, 3.63) is 16.6 Å². The molecule has 0 saturated carbocycles. The quantitative estimate of drug-likeness (QED) is 0.295. The molecule has 1 aromatic heterocycles. The summed E-state index contributed by atoms with van der Waals surface area (Å²) in [6, 6.07) is 0.149. The first-order valence-electron chi connectivity index (χ1n) is 4.91. The Hall–Kier alpha value is -1.18. The summed E-state index contributed by atoms with van der Waals surface area (Å²) in [6.45, 7) is 3.10. The highest BCUT2D eigenvalue weighted by molar-refractivity contribution is 7.09. The van der Waals surface area contributed by atoms with Crippen molar-refractivity contribution in [2.24, 2.45) is 10.8 Å². The molecule has 0 bridgehead atoms. The summed E-state index contributed by atoms with van der Waals surface area (Å²) in [5.41, 5.74) is 2.51. The molecule has 0 aromatic carbocycles. The normalized spacial score (nSPS) is 13.6. The monoisotopic (exact) mass is 243 g/mol. The zero-order valence-electron chi connectivity index (χ0n) is 9.43. The van der Waals surface area contributed by atoms with Gasteiger partial charge in [-0.3, -0.25) is 5.43 Å². The maximum atomic E-state index is 5.36. The van der Waals surface area contributed by atoms with Crippen LogP contribution in [0.15, 0.2) is 16.6 Å². The van der Waals surface area contributed by atoms with Crippen LogP contribution < -0.4 is 16.6 Å². The van der Waals surface area contributed by atoms with Gasteiger partial charge in [-0.15, -0.1) is 11.3 Å². The lowest BCUT2D eigenvalue weighted by Crippen LogP contribution is -2.46. The van der Waals surface area contributed by atoms with Crippen molar-refractivity contribution in [1.82, 2.24) is 15.7 Å². The summed E-state index contributed by atoms with van der Waals surface area (Å²) in [5, 5.41) is 5.97. The second kappa shape index (κ2) is 7.15. The van der Waals surface area contributed by atoms with Crippen LogP contribution in [0.4, 0.5) is 0 Å². The fourth-order valence-corrected chi connectivity index (χ4v) is 1.68. The standard InChI is InChI=1S/C9H17N5OS/c1-7(6-15-2)13-9(14-10)12-5-8-11-3-4-16-8/h3-4,7H,5-6,10H2,1-2H3,(H2,12,13,14). The third-order valence-corrected chi connectivity index (χ3v) is 2.56. The molecule has 0 spiro atoms. The molecule has 0 aliphatic carbocycles. The van der Waals surface area contributed by atoms with Gasteiger partial charge in [0.05, 0.1) is 13.2 Å². The maximum Gasteiger partial charge on any atom is 0.206 e. The molecule has 4 N–H and O–H groups in total. The molecule has 0 saturated heterocycles. The highest BCUT2D eigenvalue weighted by Gasteiger charge is 2.03. The van der Waals surface area contributed by atoms with Crippen molar-refractivity contribution in [2.45, 2.75) is 19.5 Å². The highest BCUT2D eigenvalue weighted by atomic mass is 32.1. The summed E-state index contributed by atoms with van der Waals surface area (Å²) in [7, 11) is 1.65. The first-order valence-corrected chi connectivity index (χ1v) is 5.79. The van der Waals surface area contributed by atoms with E-state index in [-0.39, 0.29) is 6.04 Å².